The highest BCUT2D eigenvalue weighted by atomic mass is 15.3. The van der Waals surface area contributed by atoms with E-state index in [0.29, 0.717) is 12.4 Å². The lowest BCUT2D eigenvalue weighted by Gasteiger charge is -2.11. The van der Waals surface area contributed by atoms with Crippen LogP contribution in [0.4, 0.5) is 11.6 Å². The minimum atomic E-state index is 0.243. The molecule has 0 radical (unpaired) electrons. The first-order valence-corrected chi connectivity index (χ1v) is 6.17. The molecule has 0 aliphatic rings. The maximum absolute atomic E-state index is 5.42. The van der Waals surface area contributed by atoms with Crippen molar-refractivity contribution >= 4 is 11.6 Å². The van der Waals surface area contributed by atoms with Gasteiger partial charge in [-0.3, -0.25) is 4.98 Å². The molecule has 2 rings (SSSR count). The molecule has 2 heterocycles. The van der Waals surface area contributed by atoms with E-state index in [1.807, 2.05) is 32.2 Å². The molecular weight excluding hydrogens is 240 g/mol. The predicted octanol–water partition coefficient (Wildman–Crippen LogP) is 1.89. The van der Waals surface area contributed by atoms with Gasteiger partial charge in [-0.05, 0) is 11.6 Å². The molecule has 0 aliphatic carbocycles. The average Bonchev–Trinajstić information content (AvgIpc) is 2.45. The lowest BCUT2D eigenvalue weighted by Crippen LogP contribution is -2.13. The van der Waals surface area contributed by atoms with E-state index in [9.17, 15) is 0 Å². The van der Waals surface area contributed by atoms with Gasteiger partial charge in [0.25, 0.3) is 0 Å². The molecule has 4 N–H and O–H groups in total. The largest absolute Gasteiger partial charge is 0.366 e. The summed E-state index contributed by atoms with van der Waals surface area (Å²) in [4.78, 5) is 12.8. The number of nitrogens with one attached hydrogen (secondary N) is 2. The number of pyridine rings is 1. The molecular formula is C13H18N6. The first kappa shape index (κ1) is 13.2. The fourth-order valence-corrected chi connectivity index (χ4v) is 1.58. The highest BCUT2D eigenvalue weighted by molar-refractivity contribution is 5.47. The van der Waals surface area contributed by atoms with Gasteiger partial charge >= 0.3 is 0 Å². The first-order valence-electron chi connectivity index (χ1n) is 6.17. The molecule has 0 bridgehead atoms. The molecule has 0 aromatic carbocycles. The van der Waals surface area contributed by atoms with Gasteiger partial charge in [0.15, 0.2) is 0 Å². The average molecular weight is 258 g/mol. The van der Waals surface area contributed by atoms with E-state index in [0.717, 1.165) is 17.2 Å². The van der Waals surface area contributed by atoms with Crippen molar-refractivity contribution in [1.82, 2.24) is 15.0 Å². The van der Waals surface area contributed by atoms with Crippen LogP contribution in [0.5, 0.6) is 0 Å². The molecule has 6 nitrogen and oxygen atoms in total. The summed E-state index contributed by atoms with van der Waals surface area (Å²) in [6, 6.07) is 5.69. The molecule has 0 aliphatic heterocycles. The molecule has 2 aromatic rings. The summed E-state index contributed by atoms with van der Waals surface area (Å²) in [5.41, 5.74) is 3.65. The van der Waals surface area contributed by atoms with E-state index in [-0.39, 0.29) is 5.92 Å². The van der Waals surface area contributed by atoms with Gasteiger partial charge in [-0.15, -0.1) is 0 Å². The third-order valence-corrected chi connectivity index (χ3v) is 2.60. The van der Waals surface area contributed by atoms with Crippen LogP contribution in [0.1, 0.15) is 31.2 Å². The maximum Gasteiger partial charge on any atom is 0.145 e. The Morgan fingerprint density at radius 2 is 2.05 bits per heavy atom. The normalized spacial score (nSPS) is 10.5. The minimum Gasteiger partial charge on any atom is -0.366 e. The second-order valence-electron chi connectivity index (χ2n) is 4.51. The van der Waals surface area contributed by atoms with Gasteiger partial charge in [0.1, 0.15) is 17.5 Å². The lowest BCUT2D eigenvalue weighted by atomic mass is 10.2. The van der Waals surface area contributed by atoms with Crippen molar-refractivity contribution < 1.29 is 0 Å². The number of anilines is 2. The van der Waals surface area contributed by atoms with Crippen LogP contribution in [0.15, 0.2) is 30.6 Å². The third kappa shape index (κ3) is 3.62. The van der Waals surface area contributed by atoms with Gasteiger partial charge in [0.2, 0.25) is 0 Å². The van der Waals surface area contributed by atoms with E-state index in [1.54, 1.807) is 12.3 Å². The Morgan fingerprint density at radius 1 is 1.26 bits per heavy atom. The molecule has 100 valence electrons. The molecule has 6 heteroatoms. The maximum atomic E-state index is 5.42. The highest BCUT2D eigenvalue weighted by Gasteiger charge is 2.07. The first-order chi connectivity index (χ1) is 9.19. The standard InChI is InChI=1S/C13H18N6/c1-9(2)13-17-11(6-12(18-13)19-14)16-8-10-4-3-5-15-7-10/h3-7,9H,8,14H2,1-2H3,(H2,16,17,18,19). The van der Waals surface area contributed by atoms with Crippen LogP contribution < -0.4 is 16.6 Å². The zero-order chi connectivity index (χ0) is 13.7. The second kappa shape index (κ2) is 6.10. The van der Waals surface area contributed by atoms with Crippen molar-refractivity contribution in [2.75, 3.05) is 10.7 Å². The van der Waals surface area contributed by atoms with E-state index in [1.165, 1.54) is 0 Å². The van der Waals surface area contributed by atoms with Crippen LogP contribution in [0.2, 0.25) is 0 Å². The van der Waals surface area contributed by atoms with Crippen LogP contribution in [0.25, 0.3) is 0 Å². The molecule has 0 amide bonds. The molecule has 0 saturated heterocycles. The SMILES string of the molecule is CC(C)c1nc(NN)cc(NCc2cccnc2)n1. The van der Waals surface area contributed by atoms with Gasteiger partial charge < -0.3 is 10.7 Å². The number of aromatic nitrogens is 3. The Balaban J connectivity index is 2.13. The fourth-order valence-electron chi connectivity index (χ4n) is 1.58. The van der Waals surface area contributed by atoms with Gasteiger partial charge in [-0.1, -0.05) is 19.9 Å². The van der Waals surface area contributed by atoms with Crippen molar-refractivity contribution in [1.29, 1.82) is 0 Å². The Hall–Kier alpha value is -2.21. The van der Waals surface area contributed by atoms with Gasteiger partial charge in [0, 0.05) is 30.9 Å². The van der Waals surface area contributed by atoms with Crippen molar-refractivity contribution in [3.63, 3.8) is 0 Å². The van der Waals surface area contributed by atoms with E-state index in [4.69, 9.17) is 5.84 Å². The summed E-state index contributed by atoms with van der Waals surface area (Å²) >= 11 is 0. The van der Waals surface area contributed by atoms with Crippen LogP contribution in [-0.4, -0.2) is 15.0 Å². The summed E-state index contributed by atoms with van der Waals surface area (Å²) in [6.07, 6.45) is 3.57. The van der Waals surface area contributed by atoms with E-state index >= 15 is 0 Å². The Kier molecular flexibility index (Phi) is 4.25. The zero-order valence-corrected chi connectivity index (χ0v) is 11.1. The molecule has 19 heavy (non-hydrogen) atoms. The topological polar surface area (TPSA) is 88.8 Å². The monoisotopic (exact) mass is 258 g/mol. The van der Waals surface area contributed by atoms with Crippen molar-refractivity contribution in [2.24, 2.45) is 5.84 Å². The summed E-state index contributed by atoms with van der Waals surface area (Å²) in [6.45, 7) is 4.74. The van der Waals surface area contributed by atoms with Gasteiger partial charge in [-0.2, -0.15) is 0 Å². The molecule has 0 atom stereocenters. The number of rotatable bonds is 5. The third-order valence-electron chi connectivity index (χ3n) is 2.60. The lowest BCUT2D eigenvalue weighted by molar-refractivity contribution is 0.775. The number of nitrogens with two attached hydrogens (primary N) is 1. The number of hydrazine groups is 1. The van der Waals surface area contributed by atoms with Crippen molar-refractivity contribution in [3.05, 3.63) is 42.0 Å². The Bertz CT molecular complexity index is 526. The summed E-state index contributed by atoms with van der Waals surface area (Å²) < 4.78 is 0. The van der Waals surface area contributed by atoms with Crippen molar-refractivity contribution in [2.45, 2.75) is 26.3 Å². The van der Waals surface area contributed by atoms with E-state index in [2.05, 4.69) is 25.7 Å². The Labute approximate surface area is 112 Å². The summed E-state index contributed by atoms with van der Waals surface area (Å²) in [5.74, 6) is 7.76. The zero-order valence-electron chi connectivity index (χ0n) is 11.1. The van der Waals surface area contributed by atoms with Crippen LogP contribution in [0, 0.1) is 0 Å². The number of hydrogen-bond acceptors (Lipinski definition) is 6. The Morgan fingerprint density at radius 3 is 2.68 bits per heavy atom. The van der Waals surface area contributed by atoms with Crippen LogP contribution in [-0.2, 0) is 6.54 Å². The predicted molar refractivity (Wildman–Crippen MR) is 75.5 cm³/mol. The fraction of sp³-hybridized carbons (Fsp3) is 0.308. The number of hydrogen-bond donors (Lipinski definition) is 3. The molecule has 0 unspecified atom stereocenters. The van der Waals surface area contributed by atoms with Crippen LogP contribution >= 0.6 is 0 Å². The molecule has 0 saturated carbocycles. The number of nitrogens with zero attached hydrogens (tertiary/aromatic N) is 3. The van der Waals surface area contributed by atoms with Crippen LogP contribution in [0.3, 0.4) is 0 Å². The quantitative estimate of drug-likeness (QED) is 0.560. The summed E-state index contributed by atoms with van der Waals surface area (Å²) in [7, 11) is 0. The van der Waals surface area contributed by atoms with E-state index < -0.39 is 0 Å². The van der Waals surface area contributed by atoms with Crippen molar-refractivity contribution in [3.8, 4) is 0 Å². The molecule has 0 fully saturated rings. The second-order valence-corrected chi connectivity index (χ2v) is 4.51. The smallest absolute Gasteiger partial charge is 0.145 e. The van der Waals surface area contributed by atoms with Gasteiger partial charge in [0.05, 0.1) is 0 Å². The molecule has 0 spiro atoms. The van der Waals surface area contributed by atoms with Gasteiger partial charge in [-0.25, -0.2) is 15.8 Å². The number of nitrogen functional groups attached to an aromatic ring is 1. The molecule has 2 aromatic heterocycles. The minimum absolute atomic E-state index is 0.243. The summed E-state index contributed by atoms with van der Waals surface area (Å²) in [5, 5.41) is 3.24. The highest BCUT2D eigenvalue weighted by Crippen LogP contribution is 2.16.